The second kappa shape index (κ2) is 6.86. The Morgan fingerprint density at radius 2 is 1.88 bits per heavy atom. The number of furan rings is 1. The highest BCUT2D eigenvalue weighted by Crippen LogP contribution is 2.30. The van der Waals surface area contributed by atoms with Crippen LogP contribution in [0.15, 0.2) is 52.0 Å². The van der Waals surface area contributed by atoms with Crippen LogP contribution in [0.3, 0.4) is 0 Å². The fourth-order valence-corrected chi connectivity index (χ4v) is 4.22. The third-order valence-corrected chi connectivity index (χ3v) is 6.13. The van der Waals surface area contributed by atoms with Crippen LogP contribution < -0.4 is 4.72 Å². The van der Waals surface area contributed by atoms with Crippen LogP contribution >= 0.6 is 11.3 Å². The number of halogens is 3. The van der Waals surface area contributed by atoms with Crippen molar-refractivity contribution in [3.63, 3.8) is 0 Å². The van der Waals surface area contributed by atoms with Gasteiger partial charge in [-0.25, -0.2) is 18.1 Å². The molecule has 2 heterocycles. The van der Waals surface area contributed by atoms with E-state index in [0.29, 0.717) is 21.3 Å². The molecule has 0 amide bonds. The second-order valence-electron chi connectivity index (χ2n) is 5.35. The maximum Gasteiger partial charge on any atom is 0.416 e. The summed E-state index contributed by atoms with van der Waals surface area (Å²) in [5.74, 6) is 0.579. The molecule has 0 radical (unpaired) electrons. The summed E-state index contributed by atoms with van der Waals surface area (Å²) < 4.78 is 69.9. The van der Waals surface area contributed by atoms with Gasteiger partial charge in [-0.1, -0.05) is 0 Å². The molecule has 0 aliphatic heterocycles. The first-order valence-electron chi connectivity index (χ1n) is 7.34. The van der Waals surface area contributed by atoms with E-state index in [2.05, 4.69) is 9.71 Å². The molecular weight excluding hydrogens is 389 g/mol. The summed E-state index contributed by atoms with van der Waals surface area (Å²) in [7, 11) is -3.94. The van der Waals surface area contributed by atoms with E-state index in [9.17, 15) is 21.6 Å². The fraction of sp³-hybridized carbons (Fsp3) is 0.188. The Bertz CT molecular complexity index is 993. The second-order valence-corrected chi connectivity index (χ2v) is 8.20. The Kier molecular flexibility index (Phi) is 4.91. The highest BCUT2D eigenvalue weighted by atomic mass is 32.2. The number of aryl methyl sites for hydroxylation is 1. The van der Waals surface area contributed by atoms with Crippen LogP contribution in [0, 0.1) is 6.92 Å². The van der Waals surface area contributed by atoms with Gasteiger partial charge in [0.25, 0.3) is 0 Å². The number of aromatic nitrogens is 1. The third-order valence-electron chi connectivity index (χ3n) is 3.54. The number of benzene rings is 1. The summed E-state index contributed by atoms with van der Waals surface area (Å²) in [6.45, 7) is 1.72. The molecule has 5 nitrogen and oxygen atoms in total. The van der Waals surface area contributed by atoms with Crippen molar-refractivity contribution in [2.24, 2.45) is 0 Å². The highest BCUT2D eigenvalue weighted by Gasteiger charge is 2.30. The van der Waals surface area contributed by atoms with Crippen LogP contribution in [0.2, 0.25) is 0 Å². The summed E-state index contributed by atoms with van der Waals surface area (Å²) in [5.41, 5.74) is -0.255. The molecule has 0 saturated carbocycles. The minimum Gasteiger partial charge on any atom is -0.462 e. The summed E-state index contributed by atoms with van der Waals surface area (Å²) in [4.78, 5) is 4.78. The molecule has 138 valence electrons. The standard InChI is InChI=1S/C16H13F3N2O3S2/c1-10-14(25-15(21-10)13-3-2-8-24-13)9-20-26(22,23)12-6-4-11(5-7-12)16(17,18)19/h2-8,20H,9H2,1H3. The Morgan fingerprint density at radius 1 is 1.19 bits per heavy atom. The maximum atomic E-state index is 12.6. The Hall–Kier alpha value is -2.17. The molecule has 0 aliphatic rings. The first-order valence-corrected chi connectivity index (χ1v) is 9.64. The van der Waals surface area contributed by atoms with Crippen LogP contribution in [0.5, 0.6) is 0 Å². The van der Waals surface area contributed by atoms with Crippen LogP contribution in [0.4, 0.5) is 13.2 Å². The van der Waals surface area contributed by atoms with E-state index in [-0.39, 0.29) is 11.4 Å². The lowest BCUT2D eigenvalue weighted by molar-refractivity contribution is -0.137. The van der Waals surface area contributed by atoms with E-state index in [4.69, 9.17) is 4.42 Å². The summed E-state index contributed by atoms with van der Waals surface area (Å²) in [5, 5.41) is 0.622. The molecular formula is C16H13F3N2O3S2. The molecule has 10 heteroatoms. The minimum atomic E-state index is -4.52. The van der Waals surface area contributed by atoms with E-state index in [1.807, 2.05) is 0 Å². The number of sulfonamides is 1. The zero-order valence-corrected chi connectivity index (χ0v) is 15.0. The van der Waals surface area contributed by atoms with Crippen molar-refractivity contribution >= 4 is 21.4 Å². The van der Waals surface area contributed by atoms with Crippen LogP contribution in [0.25, 0.3) is 10.8 Å². The van der Waals surface area contributed by atoms with E-state index < -0.39 is 21.8 Å². The van der Waals surface area contributed by atoms with E-state index in [0.717, 1.165) is 24.3 Å². The minimum absolute atomic E-state index is 0.0203. The highest BCUT2D eigenvalue weighted by molar-refractivity contribution is 7.89. The normalized spacial score (nSPS) is 12.5. The van der Waals surface area contributed by atoms with Crippen LogP contribution in [-0.2, 0) is 22.7 Å². The quantitative estimate of drug-likeness (QED) is 0.694. The number of thiazole rings is 1. The van der Waals surface area contributed by atoms with E-state index >= 15 is 0 Å². The first-order chi connectivity index (χ1) is 12.2. The number of alkyl halides is 3. The summed E-state index contributed by atoms with van der Waals surface area (Å²) >= 11 is 1.28. The lowest BCUT2D eigenvalue weighted by atomic mass is 10.2. The zero-order chi connectivity index (χ0) is 18.9. The molecule has 2 aromatic heterocycles. The van der Waals surface area contributed by atoms with Crippen LogP contribution in [-0.4, -0.2) is 13.4 Å². The van der Waals surface area contributed by atoms with Gasteiger partial charge in [-0.15, -0.1) is 11.3 Å². The molecule has 0 atom stereocenters. The van der Waals surface area contributed by atoms with Crippen molar-refractivity contribution in [1.82, 2.24) is 9.71 Å². The zero-order valence-electron chi connectivity index (χ0n) is 13.4. The lowest BCUT2D eigenvalue weighted by Crippen LogP contribution is -2.23. The van der Waals surface area contributed by atoms with Gasteiger partial charge in [-0.05, 0) is 43.3 Å². The number of rotatable bonds is 5. The Balaban J connectivity index is 1.74. The van der Waals surface area contributed by atoms with Crippen molar-refractivity contribution in [3.05, 3.63) is 58.8 Å². The van der Waals surface area contributed by atoms with Crippen molar-refractivity contribution in [3.8, 4) is 10.8 Å². The average Bonchev–Trinajstić information content (AvgIpc) is 3.22. The number of hydrogen-bond donors (Lipinski definition) is 1. The van der Waals surface area contributed by atoms with Gasteiger partial charge in [0.2, 0.25) is 10.0 Å². The van der Waals surface area contributed by atoms with Crippen molar-refractivity contribution in [2.45, 2.75) is 24.5 Å². The van der Waals surface area contributed by atoms with Gasteiger partial charge in [0.05, 0.1) is 22.4 Å². The molecule has 0 bridgehead atoms. The molecule has 1 aromatic carbocycles. The van der Waals surface area contributed by atoms with Gasteiger partial charge >= 0.3 is 6.18 Å². The molecule has 0 aliphatic carbocycles. The maximum absolute atomic E-state index is 12.6. The van der Waals surface area contributed by atoms with Gasteiger partial charge in [0, 0.05) is 11.4 Å². The van der Waals surface area contributed by atoms with Gasteiger partial charge < -0.3 is 4.42 Å². The van der Waals surface area contributed by atoms with Crippen molar-refractivity contribution in [1.29, 1.82) is 0 Å². The smallest absolute Gasteiger partial charge is 0.416 e. The van der Waals surface area contributed by atoms with Gasteiger partial charge in [0.15, 0.2) is 10.8 Å². The predicted molar refractivity (Wildman–Crippen MR) is 90.0 cm³/mol. The summed E-state index contributed by atoms with van der Waals surface area (Å²) in [6, 6.07) is 6.80. The fourth-order valence-electron chi connectivity index (χ4n) is 2.16. The topological polar surface area (TPSA) is 72.2 Å². The Morgan fingerprint density at radius 3 is 2.46 bits per heavy atom. The third kappa shape index (κ3) is 3.97. The molecule has 3 rings (SSSR count). The van der Waals surface area contributed by atoms with E-state index in [1.165, 1.54) is 17.6 Å². The molecule has 0 fully saturated rings. The molecule has 3 aromatic rings. The lowest BCUT2D eigenvalue weighted by Gasteiger charge is -2.09. The van der Waals surface area contributed by atoms with Gasteiger partial charge in [-0.2, -0.15) is 13.2 Å². The van der Waals surface area contributed by atoms with Crippen molar-refractivity contribution in [2.75, 3.05) is 0 Å². The van der Waals surface area contributed by atoms with E-state index in [1.54, 1.807) is 19.1 Å². The average molecular weight is 402 g/mol. The number of nitrogens with zero attached hydrogens (tertiary/aromatic N) is 1. The first kappa shape index (κ1) is 18.6. The number of nitrogens with one attached hydrogen (secondary N) is 1. The van der Waals surface area contributed by atoms with Crippen LogP contribution in [0.1, 0.15) is 16.1 Å². The molecule has 0 unspecified atom stereocenters. The van der Waals surface area contributed by atoms with Crippen molar-refractivity contribution < 1.29 is 26.0 Å². The largest absolute Gasteiger partial charge is 0.462 e. The predicted octanol–water partition coefficient (Wildman–Crippen LogP) is 4.21. The SMILES string of the molecule is Cc1nc(-c2ccco2)sc1CNS(=O)(=O)c1ccc(C(F)(F)F)cc1. The monoisotopic (exact) mass is 402 g/mol. The van der Waals surface area contributed by atoms with Gasteiger partial charge in [-0.3, -0.25) is 0 Å². The molecule has 0 spiro atoms. The molecule has 0 saturated heterocycles. The number of hydrogen-bond acceptors (Lipinski definition) is 5. The summed E-state index contributed by atoms with van der Waals surface area (Å²) in [6.07, 6.45) is -3.00. The molecule has 1 N–H and O–H groups in total. The molecule has 26 heavy (non-hydrogen) atoms. The van der Waals surface area contributed by atoms with Gasteiger partial charge in [0.1, 0.15) is 0 Å². The Labute approximate surface area is 151 Å².